The smallest absolute Gasteiger partial charge is 0.462 e. The highest BCUT2D eigenvalue weighted by molar-refractivity contribution is 7.47. The van der Waals surface area contributed by atoms with Crippen molar-refractivity contribution in [2.24, 2.45) is 0 Å². The Kier molecular flexibility index (Phi) is 33.8. The van der Waals surface area contributed by atoms with Crippen LogP contribution in [0.2, 0.25) is 0 Å². The van der Waals surface area contributed by atoms with Gasteiger partial charge in [-0.25, -0.2) is 4.57 Å². The lowest BCUT2D eigenvalue weighted by atomic mass is 10.0. The van der Waals surface area contributed by atoms with Crippen LogP contribution in [-0.2, 0) is 32.7 Å². The summed E-state index contributed by atoms with van der Waals surface area (Å²) in [6.07, 6.45) is 35.4. The molecule has 0 radical (unpaired) electrons. The molecule has 0 rings (SSSR count). The molecule has 9 heteroatoms. The molecular formula is C38H73O8P. The van der Waals surface area contributed by atoms with E-state index < -0.39 is 26.5 Å². The molecular weight excluding hydrogens is 615 g/mol. The number of ether oxygens (including phenoxy) is 2. The largest absolute Gasteiger partial charge is 0.472 e. The number of unbranched alkanes of at least 4 members (excludes halogenated alkanes) is 23. The van der Waals surface area contributed by atoms with Gasteiger partial charge in [-0.3, -0.25) is 18.6 Å². The molecule has 0 fully saturated rings. The lowest BCUT2D eigenvalue weighted by Gasteiger charge is -2.19. The summed E-state index contributed by atoms with van der Waals surface area (Å²) in [6, 6.07) is 0. The number of carbonyl (C=O) groups is 2. The molecule has 0 bridgehead atoms. The van der Waals surface area contributed by atoms with Crippen LogP contribution in [0.1, 0.15) is 194 Å². The van der Waals surface area contributed by atoms with E-state index in [1.807, 2.05) is 0 Å². The number of phosphoric ester groups is 1. The summed E-state index contributed by atoms with van der Waals surface area (Å²) in [5, 5.41) is 0. The minimum Gasteiger partial charge on any atom is -0.462 e. The third-order valence-corrected chi connectivity index (χ3v) is 9.45. The Balaban J connectivity index is 4.04. The molecule has 0 aromatic heterocycles. The number of allylic oxidation sites excluding steroid dienone is 2. The zero-order valence-electron chi connectivity index (χ0n) is 30.7. The van der Waals surface area contributed by atoms with E-state index in [1.54, 1.807) is 0 Å². The van der Waals surface area contributed by atoms with Gasteiger partial charge in [0.1, 0.15) is 6.61 Å². The summed E-state index contributed by atoms with van der Waals surface area (Å²) in [4.78, 5) is 34.3. The Labute approximate surface area is 289 Å². The first-order valence-corrected chi connectivity index (χ1v) is 20.9. The highest BCUT2D eigenvalue weighted by atomic mass is 31.2. The van der Waals surface area contributed by atoms with Crippen LogP contribution < -0.4 is 0 Å². The summed E-state index contributed by atoms with van der Waals surface area (Å²) >= 11 is 0. The standard InChI is InChI=1S/C38H73O8P/c1-4-6-8-10-12-14-16-18-19-21-23-25-27-29-31-33-38(40)46-36(35-45-47(41,42)43-3)34-44-37(39)32-30-28-26-24-22-20-17-15-13-11-9-7-5-2/h18-19,36H,4-17,20-35H2,1-3H3,(H,41,42)/b19-18-/t36-/m0/s1. The zero-order chi connectivity index (χ0) is 34.7. The molecule has 0 aliphatic rings. The monoisotopic (exact) mass is 689 g/mol. The maximum Gasteiger partial charge on any atom is 0.472 e. The summed E-state index contributed by atoms with van der Waals surface area (Å²) in [5.74, 6) is -0.806. The molecule has 0 saturated heterocycles. The molecule has 1 N–H and O–H groups in total. The summed E-state index contributed by atoms with van der Waals surface area (Å²) in [5.41, 5.74) is 0. The minimum absolute atomic E-state index is 0.223. The van der Waals surface area contributed by atoms with Crippen LogP contribution in [0.5, 0.6) is 0 Å². The van der Waals surface area contributed by atoms with Gasteiger partial charge in [-0.2, -0.15) is 0 Å². The van der Waals surface area contributed by atoms with E-state index in [0.717, 1.165) is 58.5 Å². The van der Waals surface area contributed by atoms with Crippen molar-refractivity contribution < 1.29 is 37.6 Å². The van der Waals surface area contributed by atoms with Crippen molar-refractivity contribution in [3.63, 3.8) is 0 Å². The van der Waals surface area contributed by atoms with E-state index in [2.05, 4.69) is 30.5 Å². The average molecular weight is 689 g/mol. The Bertz CT molecular complexity index is 788. The quantitative estimate of drug-likeness (QED) is 0.0300. The number of hydrogen-bond acceptors (Lipinski definition) is 7. The third-order valence-electron chi connectivity index (χ3n) is 8.51. The van der Waals surface area contributed by atoms with Crippen LogP contribution in [0.4, 0.5) is 0 Å². The number of esters is 2. The van der Waals surface area contributed by atoms with E-state index in [-0.39, 0.29) is 19.0 Å². The lowest BCUT2D eigenvalue weighted by molar-refractivity contribution is -0.161. The Hall–Kier alpha value is -1.21. The van der Waals surface area contributed by atoms with Crippen molar-refractivity contribution in [2.45, 2.75) is 200 Å². The maximum atomic E-state index is 12.4. The number of hydrogen-bond donors (Lipinski definition) is 1. The first-order valence-electron chi connectivity index (χ1n) is 19.4. The molecule has 8 nitrogen and oxygen atoms in total. The second kappa shape index (κ2) is 34.6. The molecule has 0 aromatic carbocycles. The molecule has 0 aromatic rings. The van der Waals surface area contributed by atoms with Gasteiger partial charge in [0.2, 0.25) is 0 Å². The van der Waals surface area contributed by atoms with Crippen molar-refractivity contribution in [1.82, 2.24) is 0 Å². The molecule has 0 heterocycles. The molecule has 0 spiro atoms. The van der Waals surface area contributed by atoms with Gasteiger partial charge in [0.15, 0.2) is 6.10 Å². The average Bonchev–Trinajstić information content (AvgIpc) is 3.06. The second-order valence-electron chi connectivity index (χ2n) is 13.1. The van der Waals surface area contributed by atoms with Crippen LogP contribution in [0.15, 0.2) is 12.2 Å². The Morgan fingerprint density at radius 3 is 1.38 bits per heavy atom. The van der Waals surface area contributed by atoms with E-state index in [9.17, 15) is 19.0 Å². The predicted octanol–water partition coefficient (Wildman–Crippen LogP) is 11.7. The molecule has 278 valence electrons. The molecule has 0 aliphatic carbocycles. The molecule has 0 aliphatic heterocycles. The van der Waals surface area contributed by atoms with E-state index in [4.69, 9.17) is 14.0 Å². The fourth-order valence-electron chi connectivity index (χ4n) is 5.48. The second-order valence-corrected chi connectivity index (χ2v) is 14.6. The van der Waals surface area contributed by atoms with Gasteiger partial charge in [0, 0.05) is 20.0 Å². The van der Waals surface area contributed by atoms with Crippen molar-refractivity contribution in [3.8, 4) is 0 Å². The normalized spacial score (nSPS) is 13.5. The van der Waals surface area contributed by atoms with Gasteiger partial charge in [-0.05, 0) is 38.5 Å². The topological polar surface area (TPSA) is 108 Å². The van der Waals surface area contributed by atoms with Gasteiger partial charge < -0.3 is 14.4 Å². The first kappa shape index (κ1) is 45.8. The van der Waals surface area contributed by atoms with Crippen LogP contribution in [0.25, 0.3) is 0 Å². The summed E-state index contributed by atoms with van der Waals surface area (Å²) < 4.78 is 31.9. The summed E-state index contributed by atoms with van der Waals surface area (Å²) in [6.45, 7) is 3.88. The van der Waals surface area contributed by atoms with Crippen molar-refractivity contribution in [1.29, 1.82) is 0 Å². The molecule has 0 saturated carbocycles. The van der Waals surface area contributed by atoms with Crippen molar-refractivity contribution in [3.05, 3.63) is 12.2 Å². The zero-order valence-corrected chi connectivity index (χ0v) is 31.6. The van der Waals surface area contributed by atoms with Crippen molar-refractivity contribution >= 4 is 19.8 Å². The van der Waals surface area contributed by atoms with Crippen molar-refractivity contribution in [2.75, 3.05) is 20.3 Å². The van der Waals surface area contributed by atoms with Gasteiger partial charge >= 0.3 is 19.8 Å². The SMILES string of the molecule is CCCCCCCC/C=C\CCCCCCCC(=O)O[C@@H](COC(=O)CCCCCCCCCCCCCCC)COP(=O)(O)OC. The molecule has 2 atom stereocenters. The Morgan fingerprint density at radius 2 is 0.957 bits per heavy atom. The minimum atomic E-state index is -4.25. The highest BCUT2D eigenvalue weighted by Gasteiger charge is 2.24. The predicted molar refractivity (Wildman–Crippen MR) is 193 cm³/mol. The fourth-order valence-corrected chi connectivity index (χ4v) is 5.94. The molecule has 47 heavy (non-hydrogen) atoms. The Morgan fingerprint density at radius 1 is 0.574 bits per heavy atom. The maximum absolute atomic E-state index is 12.4. The summed E-state index contributed by atoms with van der Waals surface area (Å²) in [7, 11) is -3.19. The van der Waals surface area contributed by atoms with Crippen LogP contribution in [-0.4, -0.2) is 43.3 Å². The third kappa shape index (κ3) is 34.5. The number of phosphoric acid groups is 1. The van der Waals surface area contributed by atoms with Crippen LogP contribution in [0.3, 0.4) is 0 Å². The number of rotatable bonds is 36. The molecule has 0 amide bonds. The van der Waals surface area contributed by atoms with Crippen LogP contribution >= 0.6 is 7.82 Å². The highest BCUT2D eigenvalue weighted by Crippen LogP contribution is 2.42. The van der Waals surface area contributed by atoms with Gasteiger partial charge in [-0.1, -0.05) is 154 Å². The van der Waals surface area contributed by atoms with Crippen LogP contribution in [0, 0.1) is 0 Å². The lowest BCUT2D eigenvalue weighted by Crippen LogP contribution is -2.29. The molecule has 1 unspecified atom stereocenters. The van der Waals surface area contributed by atoms with E-state index in [0.29, 0.717) is 12.8 Å². The van der Waals surface area contributed by atoms with Gasteiger partial charge in [0.05, 0.1) is 6.61 Å². The van der Waals surface area contributed by atoms with Gasteiger partial charge in [0.25, 0.3) is 0 Å². The first-order chi connectivity index (χ1) is 22.8. The van der Waals surface area contributed by atoms with Gasteiger partial charge in [-0.15, -0.1) is 0 Å². The van der Waals surface area contributed by atoms with E-state index >= 15 is 0 Å². The number of carbonyl (C=O) groups excluding carboxylic acids is 2. The van der Waals surface area contributed by atoms with E-state index in [1.165, 1.54) is 109 Å². The fraction of sp³-hybridized carbons (Fsp3) is 0.895.